The number of para-hydroxylation sites is 1. The number of amides is 2. The Morgan fingerprint density at radius 2 is 1.62 bits per heavy atom. The number of aromatic nitrogens is 3. The number of rotatable bonds is 6. The van der Waals surface area contributed by atoms with Crippen molar-refractivity contribution in [1.29, 1.82) is 0 Å². The topological polar surface area (TPSA) is 114 Å². The van der Waals surface area contributed by atoms with Crippen molar-refractivity contribution in [3.05, 3.63) is 91.1 Å². The van der Waals surface area contributed by atoms with Gasteiger partial charge in [-0.15, -0.1) is 5.10 Å². The van der Waals surface area contributed by atoms with Crippen LogP contribution in [-0.4, -0.2) is 32.2 Å². The summed E-state index contributed by atoms with van der Waals surface area (Å²) < 4.78 is 5.86. The minimum atomic E-state index is -0.655. The fraction of sp³-hybridized carbons (Fsp3) is 0.0741. The van der Waals surface area contributed by atoms with Gasteiger partial charge in [-0.3, -0.25) is 9.59 Å². The predicted octanol–water partition coefficient (Wildman–Crippen LogP) is 6.12. The molecule has 9 nitrogen and oxygen atoms in total. The molecule has 37 heavy (non-hydrogen) atoms. The molecule has 180 valence electrons. The van der Waals surface area contributed by atoms with E-state index < -0.39 is 5.25 Å². The Bertz CT molecular complexity index is 1600. The number of imide groups is 1. The summed E-state index contributed by atoms with van der Waals surface area (Å²) in [6.45, 7) is 0. The molecule has 1 fully saturated rings. The molecule has 1 atom stereocenters. The summed E-state index contributed by atoms with van der Waals surface area (Å²) in [5.41, 5.74) is 3.07. The van der Waals surface area contributed by atoms with Crippen LogP contribution in [0.15, 0.2) is 111 Å². The highest BCUT2D eigenvalue weighted by atomic mass is 32.2. The van der Waals surface area contributed by atoms with Gasteiger partial charge in [-0.05, 0) is 48.5 Å². The highest BCUT2D eigenvalue weighted by molar-refractivity contribution is 8.00. The van der Waals surface area contributed by atoms with Crippen molar-refractivity contribution in [3.63, 3.8) is 0 Å². The highest BCUT2D eigenvalue weighted by Gasteiger charge is 2.40. The first-order valence-corrected chi connectivity index (χ1v) is 12.3. The lowest BCUT2D eigenvalue weighted by molar-refractivity contribution is -0.121. The number of nitrogens with zero attached hydrogens (tertiary/aromatic N) is 6. The summed E-state index contributed by atoms with van der Waals surface area (Å²) in [7, 11) is 0. The third-order valence-corrected chi connectivity index (χ3v) is 6.75. The van der Waals surface area contributed by atoms with E-state index >= 15 is 0 Å². The van der Waals surface area contributed by atoms with Crippen LogP contribution in [0, 0.1) is 0 Å². The minimum Gasteiger partial charge on any atom is -0.454 e. The normalized spacial score (nSPS) is 15.8. The summed E-state index contributed by atoms with van der Waals surface area (Å²) in [5.74, 6) is -0.0631. The molecule has 10 heteroatoms. The Balaban J connectivity index is 1.16. The number of carbonyl (C=O) groups is 2. The molecular weight excluding hydrogens is 488 g/mol. The second kappa shape index (κ2) is 9.75. The number of thioether (sulfide) groups is 1. The molecule has 1 saturated heterocycles. The van der Waals surface area contributed by atoms with E-state index in [9.17, 15) is 9.59 Å². The van der Waals surface area contributed by atoms with Crippen LogP contribution in [0.4, 0.5) is 17.1 Å². The summed E-state index contributed by atoms with van der Waals surface area (Å²) in [6.07, 6.45) is 1.55. The van der Waals surface area contributed by atoms with Gasteiger partial charge >= 0.3 is 0 Å². The molecule has 1 unspecified atom stereocenters. The van der Waals surface area contributed by atoms with Gasteiger partial charge < -0.3 is 4.42 Å². The zero-order chi connectivity index (χ0) is 25.2. The molecule has 1 aliphatic heterocycles. The Labute approximate surface area is 215 Å². The molecule has 3 aromatic carbocycles. The van der Waals surface area contributed by atoms with Crippen LogP contribution < -0.4 is 4.90 Å². The van der Waals surface area contributed by atoms with Gasteiger partial charge in [-0.1, -0.05) is 48.2 Å². The Kier molecular flexibility index (Phi) is 5.99. The zero-order valence-corrected chi connectivity index (χ0v) is 20.1. The van der Waals surface area contributed by atoms with Gasteiger partial charge in [0.05, 0.1) is 23.3 Å². The molecule has 0 spiro atoms. The third-order valence-electron chi connectivity index (χ3n) is 5.72. The smallest absolute Gasteiger partial charge is 0.247 e. The maximum atomic E-state index is 13.1. The molecule has 0 aliphatic carbocycles. The van der Waals surface area contributed by atoms with Crippen LogP contribution in [0.1, 0.15) is 6.42 Å². The molecule has 0 saturated carbocycles. The molecule has 1 aliphatic rings. The molecule has 0 N–H and O–H groups in total. The molecule has 0 radical (unpaired) electrons. The molecule has 2 aromatic heterocycles. The average Bonchev–Trinajstić information content (AvgIpc) is 3.49. The number of azo groups is 1. The number of hydrogen-bond acceptors (Lipinski definition) is 9. The van der Waals surface area contributed by atoms with E-state index in [2.05, 4.69) is 25.4 Å². The number of hydrogen-bond donors (Lipinski definition) is 0. The highest BCUT2D eigenvalue weighted by Crippen LogP contribution is 2.34. The van der Waals surface area contributed by atoms with Crippen molar-refractivity contribution in [2.45, 2.75) is 16.8 Å². The fourth-order valence-electron chi connectivity index (χ4n) is 3.94. The quantitative estimate of drug-likeness (QED) is 0.201. The van der Waals surface area contributed by atoms with Gasteiger partial charge in [-0.2, -0.15) is 15.3 Å². The summed E-state index contributed by atoms with van der Waals surface area (Å²) in [4.78, 5) is 31.6. The first-order chi connectivity index (χ1) is 18.1. The molecular formula is C27H18N6O3S. The van der Waals surface area contributed by atoms with Crippen LogP contribution in [0.3, 0.4) is 0 Å². The lowest BCUT2D eigenvalue weighted by Crippen LogP contribution is -2.31. The van der Waals surface area contributed by atoms with Crippen LogP contribution in [0.5, 0.6) is 0 Å². The average molecular weight is 507 g/mol. The second-order valence-electron chi connectivity index (χ2n) is 8.20. The molecule has 0 bridgehead atoms. The van der Waals surface area contributed by atoms with Crippen molar-refractivity contribution < 1.29 is 14.0 Å². The maximum Gasteiger partial charge on any atom is 0.247 e. The minimum absolute atomic E-state index is 0.0389. The number of anilines is 1. The Hall–Kier alpha value is -4.70. The summed E-state index contributed by atoms with van der Waals surface area (Å²) in [5, 5.41) is 17.0. The number of carbonyl (C=O) groups excluding carboxylic acids is 2. The Morgan fingerprint density at radius 1 is 0.892 bits per heavy atom. The van der Waals surface area contributed by atoms with Crippen molar-refractivity contribution in [2.24, 2.45) is 10.2 Å². The first-order valence-electron chi connectivity index (χ1n) is 11.4. The molecule has 5 aromatic rings. The summed E-state index contributed by atoms with van der Waals surface area (Å²) in [6, 6.07) is 25.7. The van der Waals surface area contributed by atoms with Crippen LogP contribution in [0.2, 0.25) is 0 Å². The lowest BCUT2D eigenvalue weighted by Gasteiger charge is -2.14. The van der Waals surface area contributed by atoms with Gasteiger partial charge in [-0.25, -0.2) is 9.88 Å². The molecule has 2 amide bonds. The van der Waals surface area contributed by atoms with Gasteiger partial charge in [0.15, 0.2) is 5.76 Å². The largest absolute Gasteiger partial charge is 0.454 e. The van der Waals surface area contributed by atoms with Crippen LogP contribution in [0.25, 0.3) is 22.4 Å². The maximum absolute atomic E-state index is 13.1. The van der Waals surface area contributed by atoms with E-state index in [-0.39, 0.29) is 18.2 Å². The number of fused-ring (bicyclic) bond motifs is 1. The lowest BCUT2D eigenvalue weighted by atomic mass is 10.2. The van der Waals surface area contributed by atoms with E-state index in [1.54, 1.807) is 24.3 Å². The van der Waals surface area contributed by atoms with Crippen molar-refractivity contribution in [3.8, 4) is 11.5 Å². The summed E-state index contributed by atoms with van der Waals surface area (Å²) >= 11 is 1.11. The SMILES string of the molecule is O=C1CC(Sc2nncc(-c3cc4ccccc4o3)n2)C(=O)N1c1ccc(N=Nc2ccccc2)cc1. The van der Waals surface area contributed by atoms with Crippen LogP contribution in [-0.2, 0) is 9.59 Å². The zero-order valence-electron chi connectivity index (χ0n) is 19.3. The van der Waals surface area contributed by atoms with Gasteiger partial charge in [0.25, 0.3) is 0 Å². The van der Waals surface area contributed by atoms with E-state index in [1.807, 2.05) is 60.7 Å². The van der Waals surface area contributed by atoms with Crippen molar-refractivity contribution in [1.82, 2.24) is 15.2 Å². The first kappa shape index (κ1) is 22.7. The Morgan fingerprint density at radius 3 is 2.41 bits per heavy atom. The monoisotopic (exact) mass is 506 g/mol. The van der Waals surface area contributed by atoms with Crippen molar-refractivity contribution >= 4 is 51.6 Å². The van der Waals surface area contributed by atoms with Gasteiger partial charge in [0.1, 0.15) is 16.5 Å². The third kappa shape index (κ3) is 4.74. The van der Waals surface area contributed by atoms with Crippen molar-refractivity contribution in [2.75, 3.05) is 4.90 Å². The van der Waals surface area contributed by atoms with Crippen LogP contribution >= 0.6 is 11.8 Å². The predicted molar refractivity (Wildman–Crippen MR) is 139 cm³/mol. The molecule has 6 rings (SSSR count). The number of furan rings is 1. The van der Waals surface area contributed by atoms with E-state index in [0.717, 1.165) is 28.4 Å². The molecule has 3 heterocycles. The van der Waals surface area contributed by atoms with Gasteiger partial charge in [0, 0.05) is 11.8 Å². The van der Waals surface area contributed by atoms with E-state index in [4.69, 9.17) is 4.42 Å². The van der Waals surface area contributed by atoms with Gasteiger partial charge in [0.2, 0.25) is 17.0 Å². The van der Waals surface area contributed by atoms with E-state index in [1.165, 1.54) is 11.1 Å². The standard InChI is InChI=1S/C27H18N6O3S/c34-25-15-24(37-27-29-21(16-28-32-27)23-14-17-6-4-5-9-22(17)36-23)26(35)33(25)20-12-10-19(11-13-20)31-30-18-7-2-1-3-8-18/h1-14,16,24H,15H2. The van der Waals surface area contributed by atoms with E-state index in [0.29, 0.717) is 28.0 Å². The number of benzene rings is 3. The second-order valence-corrected chi connectivity index (χ2v) is 9.37. The fourth-order valence-corrected chi connectivity index (χ4v) is 4.87.